The van der Waals surface area contributed by atoms with Gasteiger partial charge < -0.3 is 5.73 Å². The second kappa shape index (κ2) is 5.46. The van der Waals surface area contributed by atoms with Crippen LogP contribution in [-0.2, 0) is 11.2 Å². The van der Waals surface area contributed by atoms with Gasteiger partial charge in [-0.3, -0.25) is 4.79 Å². The number of ketones is 1. The van der Waals surface area contributed by atoms with Gasteiger partial charge in [0.05, 0.1) is 0 Å². The zero-order valence-corrected chi connectivity index (χ0v) is 10.3. The van der Waals surface area contributed by atoms with Gasteiger partial charge in [-0.2, -0.15) is 0 Å². The lowest BCUT2D eigenvalue weighted by Gasteiger charge is -2.06. The number of carbonyl (C=O) groups excluding carboxylic acids is 1. The molecule has 2 nitrogen and oxygen atoms in total. The molecule has 0 bridgehead atoms. The molecule has 1 aromatic carbocycles. The highest BCUT2D eigenvalue weighted by atomic mass is 127. The number of halogens is 1. The Labute approximate surface area is 98.0 Å². The van der Waals surface area contributed by atoms with Crippen molar-refractivity contribution >= 4 is 28.4 Å². The number of nitrogens with two attached hydrogens (primary N) is 1. The molecule has 0 aliphatic rings. The van der Waals surface area contributed by atoms with E-state index in [0.29, 0.717) is 13.0 Å². The molecule has 3 heteroatoms. The van der Waals surface area contributed by atoms with Crippen molar-refractivity contribution in [3.05, 3.63) is 33.4 Å². The Bertz CT molecular complexity index is 308. The quantitative estimate of drug-likeness (QED) is 0.865. The lowest BCUT2D eigenvalue weighted by atomic mass is 10.00. The summed E-state index contributed by atoms with van der Waals surface area (Å²) in [4.78, 5) is 11.5. The molecule has 0 aliphatic carbocycles. The molecular weight excluding hydrogens is 289 g/mol. The Morgan fingerprint density at radius 1 is 1.43 bits per heavy atom. The van der Waals surface area contributed by atoms with Crippen LogP contribution >= 0.6 is 22.6 Å². The van der Waals surface area contributed by atoms with E-state index in [9.17, 15) is 4.79 Å². The summed E-state index contributed by atoms with van der Waals surface area (Å²) < 4.78 is 1.19. The molecule has 0 amide bonds. The average molecular weight is 303 g/mol. The van der Waals surface area contributed by atoms with E-state index < -0.39 is 0 Å². The summed E-state index contributed by atoms with van der Waals surface area (Å²) in [6, 6.07) is 8.00. The van der Waals surface area contributed by atoms with Crippen molar-refractivity contribution in [1.29, 1.82) is 0 Å². The summed E-state index contributed by atoms with van der Waals surface area (Å²) in [5.41, 5.74) is 6.49. The first-order valence-corrected chi connectivity index (χ1v) is 5.68. The highest BCUT2D eigenvalue weighted by Gasteiger charge is 2.10. The summed E-state index contributed by atoms with van der Waals surface area (Å²) in [6.45, 7) is 2.30. The third-order valence-electron chi connectivity index (χ3n) is 2.19. The third-order valence-corrected chi connectivity index (χ3v) is 2.91. The zero-order chi connectivity index (χ0) is 10.6. The molecule has 1 unspecified atom stereocenters. The van der Waals surface area contributed by atoms with Crippen molar-refractivity contribution in [2.24, 2.45) is 11.7 Å². The van der Waals surface area contributed by atoms with Crippen LogP contribution in [0.5, 0.6) is 0 Å². The minimum Gasteiger partial charge on any atom is -0.330 e. The first-order chi connectivity index (χ1) is 6.63. The van der Waals surface area contributed by atoms with Crippen LogP contribution < -0.4 is 5.73 Å². The second-order valence-electron chi connectivity index (χ2n) is 3.41. The Kier molecular flexibility index (Phi) is 4.54. The van der Waals surface area contributed by atoms with E-state index in [4.69, 9.17) is 5.73 Å². The minimum atomic E-state index is -0.0331. The minimum absolute atomic E-state index is 0.0331. The standard InChI is InChI=1S/C11H14INO/c1-8(7-13)11(14)6-9-2-4-10(12)5-3-9/h2-5,8H,6-7,13H2,1H3. The molecule has 0 saturated heterocycles. The number of carbonyl (C=O) groups is 1. The van der Waals surface area contributed by atoms with E-state index in [1.165, 1.54) is 3.57 Å². The van der Waals surface area contributed by atoms with Crippen LogP contribution in [0.15, 0.2) is 24.3 Å². The van der Waals surface area contributed by atoms with E-state index in [1.807, 2.05) is 31.2 Å². The molecule has 76 valence electrons. The summed E-state index contributed by atoms with van der Waals surface area (Å²) in [5, 5.41) is 0. The average Bonchev–Trinajstić information content (AvgIpc) is 2.20. The number of hydrogen-bond acceptors (Lipinski definition) is 2. The molecule has 0 heterocycles. The molecule has 14 heavy (non-hydrogen) atoms. The molecule has 1 aromatic rings. The predicted molar refractivity (Wildman–Crippen MR) is 66.1 cm³/mol. The fourth-order valence-electron chi connectivity index (χ4n) is 1.11. The van der Waals surface area contributed by atoms with Crippen molar-refractivity contribution in [3.8, 4) is 0 Å². The highest BCUT2D eigenvalue weighted by Crippen LogP contribution is 2.09. The molecule has 0 saturated carbocycles. The van der Waals surface area contributed by atoms with Crippen molar-refractivity contribution < 1.29 is 4.79 Å². The molecule has 0 aliphatic heterocycles. The molecular formula is C11H14INO. The largest absolute Gasteiger partial charge is 0.330 e. The van der Waals surface area contributed by atoms with Crippen LogP contribution in [0.25, 0.3) is 0 Å². The van der Waals surface area contributed by atoms with Crippen molar-refractivity contribution in [2.45, 2.75) is 13.3 Å². The smallest absolute Gasteiger partial charge is 0.141 e. The summed E-state index contributed by atoms with van der Waals surface area (Å²) in [6.07, 6.45) is 0.495. The molecule has 0 spiro atoms. The number of benzene rings is 1. The fraction of sp³-hybridized carbons (Fsp3) is 0.364. The topological polar surface area (TPSA) is 43.1 Å². The van der Waals surface area contributed by atoms with Gasteiger partial charge in [0.2, 0.25) is 0 Å². The van der Waals surface area contributed by atoms with E-state index >= 15 is 0 Å². The predicted octanol–water partition coefficient (Wildman–Crippen LogP) is 2.00. The van der Waals surface area contributed by atoms with E-state index in [0.717, 1.165) is 5.56 Å². The van der Waals surface area contributed by atoms with Crippen molar-refractivity contribution in [2.75, 3.05) is 6.54 Å². The number of hydrogen-bond donors (Lipinski definition) is 1. The number of Topliss-reactive ketones (excluding diaryl/α,β-unsaturated/α-hetero) is 1. The van der Waals surface area contributed by atoms with Crippen molar-refractivity contribution in [3.63, 3.8) is 0 Å². The van der Waals surface area contributed by atoms with Gasteiger partial charge in [-0.15, -0.1) is 0 Å². The van der Waals surface area contributed by atoms with Gasteiger partial charge in [-0.1, -0.05) is 19.1 Å². The van der Waals surface area contributed by atoms with Crippen LogP contribution in [0, 0.1) is 9.49 Å². The molecule has 2 N–H and O–H groups in total. The van der Waals surface area contributed by atoms with E-state index in [1.54, 1.807) is 0 Å². The normalized spacial score (nSPS) is 12.5. The van der Waals surface area contributed by atoms with Gasteiger partial charge in [0.25, 0.3) is 0 Å². The fourth-order valence-corrected chi connectivity index (χ4v) is 1.47. The van der Waals surface area contributed by atoms with Crippen LogP contribution in [0.2, 0.25) is 0 Å². The van der Waals surface area contributed by atoms with Gasteiger partial charge in [0, 0.05) is 22.5 Å². The number of rotatable bonds is 4. The SMILES string of the molecule is CC(CN)C(=O)Cc1ccc(I)cc1. The van der Waals surface area contributed by atoms with E-state index in [2.05, 4.69) is 22.6 Å². The van der Waals surface area contributed by atoms with E-state index in [-0.39, 0.29) is 11.7 Å². The Balaban J connectivity index is 2.60. The molecule has 0 aromatic heterocycles. The van der Waals surface area contributed by atoms with Gasteiger partial charge in [0.15, 0.2) is 0 Å². The maximum absolute atomic E-state index is 11.5. The maximum atomic E-state index is 11.5. The van der Waals surface area contributed by atoms with Gasteiger partial charge in [0.1, 0.15) is 5.78 Å². The van der Waals surface area contributed by atoms with Crippen LogP contribution in [0.1, 0.15) is 12.5 Å². The summed E-state index contributed by atoms with van der Waals surface area (Å²) in [5.74, 6) is 0.183. The van der Waals surface area contributed by atoms with Crippen LogP contribution in [0.4, 0.5) is 0 Å². The highest BCUT2D eigenvalue weighted by molar-refractivity contribution is 14.1. The molecule has 1 atom stereocenters. The molecule has 0 fully saturated rings. The Hall–Kier alpha value is -0.420. The summed E-state index contributed by atoms with van der Waals surface area (Å²) in [7, 11) is 0. The summed E-state index contributed by atoms with van der Waals surface area (Å²) >= 11 is 2.25. The monoisotopic (exact) mass is 303 g/mol. The van der Waals surface area contributed by atoms with Gasteiger partial charge in [-0.05, 0) is 40.3 Å². The first kappa shape index (κ1) is 11.7. The molecule has 1 rings (SSSR count). The van der Waals surface area contributed by atoms with Crippen molar-refractivity contribution in [1.82, 2.24) is 0 Å². The Morgan fingerprint density at radius 3 is 2.50 bits per heavy atom. The Morgan fingerprint density at radius 2 is 2.00 bits per heavy atom. The second-order valence-corrected chi connectivity index (χ2v) is 4.65. The van der Waals surface area contributed by atoms with Crippen LogP contribution in [0.3, 0.4) is 0 Å². The third kappa shape index (κ3) is 3.38. The van der Waals surface area contributed by atoms with Crippen LogP contribution in [-0.4, -0.2) is 12.3 Å². The zero-order valence-electron chi connectivity index (χ0n) is 8.16. The molecule has 0 radical (unpaired) electrons. The maximum Gasteiger partial charge on any atom is 0.141 e. The first-order valence-electron chi connectivity index (χ1n) is 4.60. The van der Waals surface area contributed by atoms with Gasteiger partial charge >= 0.3 is 0 Å². The lowest BCUT2D eigenvalue weighted by Crippen LogP contribution is -2.22. The lowest BCUT2D eigenvalue weighted by molar-refractivity contribution is -0.121. The van der Waals surface area contributed by atoms with Gasteiger partial charge in [-0.25, -0.2) is 0 Å².